The monoisotopic (exact) mass is 648 g/mol. The number of likely N-dealkylation sites (N-methyl/N-ethyl adjacent to an activating group) is 1. The maximum Gasteiger partial charge on any atom is 0.247 e. The quantitative estimate of drug-likeness (QED) is 0.289. The van der Waals surface area contributed by atoms with Gasteiger partial charge in [-0.2, -0.15) is 0 Å². The zero-order chi connectivity index (χ0) is 33.1. The molecule has 2 atom stereocenters. The van der Waals surface area contributed by atoms with E-state index in [1.54, 1.807) is 13.2 Å². The topological polar surface area (TPSA) is 98.3 Å². The van der Waals surface area contributed by atoms with Crippen LogP contribution in [0.3, 0.4) is 0 Å². The first-order valence-electron chi connectivity index (χ1n) is 16.0. The van der Waals surface area contributed by atoms with E-state index in [4.69, 9.17) is 9.57 Å². The minimum Gasteiger partial charge on any atom is -0.494 e. The second kappa shape index (κ2) is 14.2. The van der Waals surface area contributed by atoms with E-state index in [2.05, 4.69) is 56.0 Å². The van der Waals surface area contributed by atoms with Crippen molar-refractivity contribution in [3.8, 4) is 5.75 Å². The van der Waals surface area contributed by atoms with Gasteiger partial charge in [0.2, 0.25) is 5.91 Å². The Labute approximate surface area is 274 Å². The third kappa shape index (κ3) is 7.16. The summed E-state index contributed by atoms with van der Waals surface area (Å²) in [6.07, 6.45) is 6.32. The first-order valence-corrected chi connectivity index (χ1v) is 16.0. The molecule has 6 rings (SSSR count). The molecule has 11 nitrogen and oxygen atoms in total. The Morgan fingerprint density at radius 2 is 1.87 bits per heavy atom. The van der Waals surface area contributed by atoms with Crippen molar-refractivity contribution in [1.82, 2.24) is 19.8 Å². The predicted octanol–water partition coefficient (Wildman–Crippen LogP) is 5.12. The smallest absolute Gasteiger partial charge is 0.247 e. The minimum absolute atomic E-state index is 0.192. The third-order valence-corrected chi connectivity index (χ3v) is 9.37. The molecule has 1 unspecified atom stereocenters. The van der Waals surface area contributed by atoms with E-state index in [9.17, 15) is 13.6 Å². The number of carbonyl (C=O) groups excluding carboxylic acids is 1. The van der Waals surface area contributed by atoms with Gasteiger partial charge in [0.05, 0.1) is 36.8 Å². The number of nitrogens with zero attached hydrogens (tertiary/aromatic N) is 6. The molecule has 3 aliphatic heterocycles. The molecule has 2 aromatic carbocycles. The van der Waals surface area contributed by atoms with Crippen molar-refractivity contribution < 1.29 is 23.1 Å². The van der Waals surface area contributed by atoms with Gasteiger partial charge in [0.25, 0.3) is 0 Å². The summed E-state index contributed by atoms with van der Waals surface area (Å²) in [5.74, 6) is -0.0148. The van der Waals surface area contributed by atoms with Crippen LogP contribution in [0.2, 0.25) is 0 Å². The lowest BCUT2D eigenvalue weighted by molar-refractivity contribution is -0.111. The van der Waals surface area contributed by atoms with Gasteiger partial charge in [0.1, 0.15) is 29.5 Å². The van der Waals surface area contributed by atoms with Gasteiger partial charge in [-0.3, -0.25) is 14.5 Å². The van der Waals surface area contributed by atoms with Crippen LogP contribution in [0, 0.1) is 11.6 Å². The standard InChI is InChI=1S/C34H42F2N8O3/c1-5-34(45)40-27-17-28(31(46-4)18-30(27)42-12-8-23(9-13-42)43-14-10-24(20-43)41(2)3)39-32-19-33(38-21-37-32)44-29(11-15-47-44)25-16-22(35)6-7-26(25)36/h5-7,16-19,21,23-24,29H,1,8-15,20H2,2-4H3,(H,40,45)(H,37,38,39)/t24?,29-/m1/s1. The van der Waals surface area contributed by atoms with Crippen LogP contribution in [0.25, 0.3) is 0 Å². The zero-order valence-corrected chi connectivity index (χ0v) is 27.1. The number of aromatic nitrogens is 2. The fourth-order valence-electron chi connectivity index (χ4n) is 6.80. The van der Waals surface area contributed by atoms with Crippen molar-refractivity contribution in [1.29, 1.82) is 0 Å². The molecular formula is C34H42F2N8O3. The van der Waals surface area contributed by atoms with Crippen LogP contribution >= 0.6 is 0 Å². The highest BCUT2D eigenvalue weighted by atomic mass is 19.1. The largest absolute Gasteiger partial charge is 0.494 e. The van der Waals surface area contributed by atoms with Crippen LogP contribution < -0.4 is 25.3 Å². The molecule has 3 fully saturated rings. The van der Waals surface area contributed by atoms with Gasteiger partial charge in [-0.15, -0.1) is 0 Å². The van der Waals surface area contributed by atoms with Crippen molar-refractivity contribution in [3.05, 3.63) is 72.6 Å². The van der Waals surface area contributed by atoms with E-state index in [0.29, 0.717) is 53.9 Å². The molecular weight excluding hydrogens is 606 g/mol. The number of nitrogens with one attached hydrogen (secondary N) is 2. The Kier molecular flexibility index (Phi) is 9.85. The van der Waals surface area contributed by atoms with Gasteiger partial charge < -0.3 is 25.2 Å². The lowest BCUT2D eigenvalue weighted by atomic mass is 10.0. The first-order chi connectivity index (χ1) is 22.7. The molecule has 3 saturated heterocycles. The van der Waals surface area contributed by atoms with Crippen molar-refractivity contribution in [2.45, 2.75) is 43.8 Å². The number of ether oxygens (including phenoxy) is 1. The summed E-state index contributed by atoms with van der Waals surface area (Å²) in [7, 11) is 5.90. The number of methoxy groups -OCH3 is 1. The van der Waals surface area contributed by atoms with Crippen LogP contribution in [0.5, 0.6) is 5.75 Å². The summed E-state index contributed by atoms with van der Waals surface area (Å²) in [5, 5.41) is 7.73. The van der Waals surface area contributed by atoms with Crippen molar-refractivity contribution in [2.75, 3.05) is 74.6 Å². The second-order valence-corrected chi connectivity index (χ2v) is 12.4. The second-order valence-electron chi connectivity index (χ2n) is 12.4. The zero-order valence-electron chi connectivity index (χ0n) is 27.1. The molecule has 4 heterocycles. The first kappa shape index (κ1) is 32.6. The summed E-state index contributed by atoms with van der Waals surface area (Å²) >= 11 is 0. The molecule has 13 heteroatoms. The molecule has 250 valence electrons. The van der Waals surface area contributed by atoms with Crippen molar-refractivity contribution >= 4 is 34.6 Å². The Morgan fingerprint density at radius 1 is 1.06 bits per heavy atom. The summed E-state index contributed by atoms with van der Waals surface area (Å²) in [4.78, 5) is 34.3. The van der Waals surface area contributed by atoms with Gasteiger partial charge in [-0.05, 0) is 63.7 Å². The molecule has 1 amide bonds. The average molecular weight is 649 g/mol. The fourth-order valence-corrected chi connectivity index (χ4v) is 6.80. The Hall–Kier alpha value is -4.33. The Morgan fingerprint density at radius 3 is 2.60 bits per heavy atom. The van der Waals surface area contributed by atoms with Crippen molar-refractivity contribution in [2.24, 2.45) is 0 Å². The molecule has 2 N–H and O–H groups in total. The number of hydrogen-bond acceptors (Lipinski definition) is 10. The number of amides is 1. The van der Waals surface area contributed by atoms with Crippen LogP contribution in [0.15, 0.2) is 55.4 Å². The SMILES string of the molecule is C=CC(=O)Nc1cc(Nc2cc(N3OCC[C@@H]3c3cc(F)ccc3F)ncn2)c(OC)cc1N1CCC(N2CCC(N(C)C)C2)CC1. The molecule has 3 aliphatic rings. The number of piperidine rings is 1. The van der Waals surface area contributed by atoms with Crippen LogP contribution in [-0.2, 0) is 9.63 Å². The van der Waals surface area contributed by atoms with Crippen molar-refractivity contribution in [3.63, 3.8) is 0 Å². The predicted molar refractivity (Wildman–Crippen MR) is 178 cm³/mol. The molecule has 0 radical (unpaired) electrons. The van der Waals surface area contributed by atoms with Gasteiger partial charge in [0, 0.05) is 62.4 Å². The minimum atomic E-state index is -0.563. The number of likely N-dealkylation sites (tertiary alicyclic amines) is 1. The summed E-state index contributed by atoms with van der Waals surface area (Å²) in [5.41, 5.74) is 2.24. The fraction of sp³-hybridized carbons (Fsp3) is 0.441. The number of halogens is 2. The van der Waals surface area contributed by atoms with Crippen LogP contribution in [0.4, 0.5) is 37.5 Å². The highest BCUT2D eigenvalue weighted by Crippen LogP contribution is 2.41. The molecule has 0 spiro atoms. The van der Waals surface area contributed by atoms with E-state index in [1.807, 2.05) is 12.1 Å². The number of hydrogen-bond donors (Lipinski definition) is 2. The molecule has 0 bridgehead atoms. The number of carbonyl (C=O) groups is 1. The maximum absolute atomic E-state index is 14.7. The third-order valence-electron chi connectivity index (χ3n) is 9.37. The van der Waals surface area contributed by atoms with Gasteiger partial charge >= 0.3 is 0 Å². The maximum atomic E-state index is 14.7. The molecule has 1 aromatic heterocycles. The number of benzene rings is 2. The highest BCUT2D eigenvalue weighted by molar-refractivity contribution is 6.02. The van der Waals surface area contributed by atoms with Crippen LogP contribution in [0.1, 0.15) is 37.3 Å². The molecule has 3 aromatic rings. The lowest BCUT2D eigenvalue weighted by Crippen LogP contribution is -2.45. The summed E-state index contributed by atoms with van der Waals surface area (Å²) in [6.45, 7) is 7.87. The number of anilines is 5. The van der Waals surface area contributed by atoms with Gasteiger partial charge in [0.15, 0.2) is 5.82 Å². The van der Waals surface area contributed by atoms with E-state index < -0.39 is 17.7 Å². The summed E-state index contributed by atoms with van der Waals surface area (Å²) < 4.78 is 34.5. The Bertz CT molecular complexity index is 1600. The number of rotatable bonds is 10. The van der Waals surface area contributed by atoms with E-state index in [-0.39, 0.29) is 11.5 Å². The summed E-state index contributed by atoms with van der Waals surface area (Å²) in [6, 6.07) is 9.37. The Balaban J connectivity index is 1.22. The van der Waals surface area contributed by atoms with Gasteiger partial charge in [-0.25, -0.2) is 23.8 Å². The van der Waals surface area contributed by atoms with E-state index in [1.165, 1.54) is 30.0 Å². The normalized spacial score (nSPS) is 20.6. The van der Waals surface area contributed by atoms with E-state index in [0.717, 1.165) is 56.8 Å². The lowest BCUT2D eigenvalue weighted by Gasteiger charge is -2.39. The van der Waals surface area contributed by atoms with Gasteiger partial charge in [-0.1, -0.05) is 6.58 Å². The molecule has 47 heavy (non-hydrogen) atoms. The average Bonchev–Trinajstić information content (AvgIpc) is 3.77. The van der Waals surface area contributed by atoms with Crippen LogP contribution in [-0.4, -0.2) is 91.7 Å². The highest BCUT2D eigenvalue weighted by Gasteiger charge is 2.33. The number of hydroxylamine groups is 1. The molecule has 0 saturated carbocycles. The van der Waals surface area contributed by atoms with E-state index >= 15 is 0 Å². The molecule has 0 aliphatic carbocycles.